The van der Waals surface area contributed by atoms with Crippen molar-refractivity contribution in [3.8, 4) is 0 Å². The number of nitrogens with zero attached hydrogens (tertiary/aromatic N) is 2. The van der Waals surface area contributed by atoms with Gasteiger partial charge in [0.1, 0.15) is 0 Å². The highest BCUT2D eigenvalue weighted by molar-refractivity contribution is 5.88. The summed E-state index contributed by atoms with van der Waals surface area (Å²) in [6.07, 6.45) is 3.74. The first-order valence-electron chi connectivity index (χ1n) is 7.15. The van der Waals surface area contributed by atoms with Crippen molar-refractivity contribution < 1.29 is 9.53 Å². The average molecular weight is 277 g/mol. The molecule has 1 saturated heterocycles. The lowest BCUT2D eigenvalue weighted by Crippen LogP contribution is -2.46. The molecule has 1 aromatic heterocycles. The number of rotatable bonds is 4. The van der Waals surface area contributed by atoms with Crippen LogP contribution in [0.15, 0.2) is 18.3 Å². The highest BCUT2D eigenvalue weighted by Gasteiger charge is 2.25. The Bertz CT molecular complexity index is 447. The third kappa shape index (κ3) is 3.55. The standard InChI is InChI=1S/C15H23N3O2/c1-3-11-9-18(7-6-14(11)16)10-13-5-4-12(8-17-13)15(19)20-2/h4-5,8,11,14H,3,6-7,9-10,16H2,1-2H3. The molecular formula is C15H23N3O2. The minimum atomic E-state index is -0.348. The maximum absolute atomic E-state index is 11.3. The van der Waals surface area contributed by atoms with E-state index in [2.05, 4.69) is 21.5 Å². The maximum Gasteiger partial charge on any atom is 0.339 e. The lowest BCUT2D eigenvalue weighted by molar-refractivity contribution is 0.0600. The summed E-state index contributed by atoms with van der Waals surface area (Å²) in [4.78, 5) is 18.1. The summed E-state index contributed by atoms with van der Waals surface area (Å²) in [6.45, 7) is 5.04. The fraction of sp³-hybridized carbons (Fsp3) is 0.600. The fourth-order valence-corrected chi connectivity index (χ4v) is 2.69. The van der Waals surface area contributed by atoms with E-state index in [0.29, 0.717) is 17.5 Å². The van der Waals surface area contributed by atoms with Gasteiger partial charge in [-0.1, -0.05) is 13.3 Å². The van der Waals surface area contributed by atoms with Crippen molar-refractivity contribution in [3.05, 3.63) is 29.6 Å². The van der Waals surface area contributed by atoms with Crippen LogP contribution in [0.4, 0.5) is 0 Å². The average Bonchev–Trinajstić information content (AvgIpc) is 2.49. The van der Waals surface area contributed by atoms with Gasteiger partial charge in [-0.15, -0.1) is 0 Å². The first-order chi connectivity index (χ1) is 9.63. The van der Waals surface area contributed by atoms with Gasteiger partial charge in [-0.05, 0) is 24.5 Å². The maximum atomic E-state index is 11.3. The number of methoxy groups -OCH3 is 1. The smallest absolute Gasteiger partial charge is 0.339 e. The Hall–Kier alpha value is -1.46. The van der Waals surface area contributed by atoms with Gasteiger partial charge in [-0.2, -0.15) is 0 Å². The van der Waals surface area contributed by atoms with Crippen LogP contribution >= 0.6 is 0 Å². The molecule has 0 radical (unpaired) electrons. The monoisotopic (exact) mass is 277 g/mol. The van der Waals surface area contributed by atoms with E-state index in [1.807, 2.05) is 6.07 Å². The number of carbonyl (C=O) groups excluding carboxylic acids is 1. The minimum Gasteiger partial charge on any atom is -0.465 e. The molecule has 5 nitrogen and oxygen atoms in total. The zero-order valence-electron chi connectivity index (χ0n) is 12.2. The number of carbonyl (C=O) groups is 1. The number of aromatic nitrogens is 1. The second kappa shape index (κ2) is 6.81. The molecule has 1 fully saturated rings. The molecule has 2 heterocycles. The van der Waals surface area contributed by atoms with Gasteiger partial charge in [0.15, 0.2) is 0 Å². The van der Waals surface area contributed by atoms with E-state index in [-0.39, 0.29) is 5.97 Å². The Balaban J connectivity index is 1.95. The summed E-state index contributed by atoms with van der Waals surface area (Å²) in [5, 5.41) is 0. The van der Waals surface area contributed by atoms with E-state index < -0.39 is 0 Å². The van der Waals surface area contributed by atoms with E-state index in [9.17, 15) is 4.79 Å². The van der Waals surface area contributed by atoms with Crippen molar-refractivity contribution in [1.29, 1.82) is 0 Å². The van der Waals surface area contributed by atoms with Crippen molar-refractivity contribution in [3.63, 3.8) is 0 Å². The van der Waals surface area contributed by atoms with E-state index in [0.717, 1.165) is 38.2 Å². The van der Waals surface area contributed by atoms with Crippen LogP contribution in [0, 0.1) is 5.92 Å². The number of hydrogen-bond donors (Lipinski definition) is 1. The van der Waals surface area contributed by atoms with Crippen molar-refractivity contribution in [2.45, 2.75) is 32.4 Å². The largest absolute Gasteiger partial charge is 0.465 e. The molecule has 110 valence electrons. The molecule has 0 spiro atoms. The van der Waals surface area contributed by atoms with Gasteiger partial charge in [0, 0.05) is 31.9 Å². The molecule has 2 rings (SSSR count). The Morgan fingerprint density at radius 1 is 1.55 bits per heavy atom. The molecule has 1 aliphatic heterocycles. The highest BCUT2D eigenvalue weighted by atomic mass is 16.5. The summed E-state index contributed by atoms with van der Waals surface area (Å²) in [7, 11) is 1.37. The van der Waals surface area contributed by atoms with E-state index >= 15 is 0 Å². The number of esters is 1. The molecule has 2 N–H and O–H groups in total. The van der Waals surface area contributed by atoms with Crippen LogP contribution in [0.1, 0.15) is 35.8 Å². The molecule has 2 atom stereocenters. The second-order valence-corrected chi connectivity index (χ2v) is 5.39. The van der Waals surface area contributed by atoms with E-state index in [1.165, 1.54) is 7.11 Å². The third-order valence-electron chi connectivity index (χ3n) is 4.03. The topological polar surface area (TPSA) is 68.5 Å². The van der Waals surface area contributed by atoms with Crippen LogP contribution in [0.25, 0.3) is 0 Å². The zero-order valence-corrected chi connectivity index (χ0v) is 12.2. The van der Waals surface area contributed by atoms with E-state index in [4.69, 9.17) is 5.73 Å². The first kappa shape index (κ1) is 14.9. The third-order valence-corrected chi connectivity index (χ3v) is 4.03. The molecule has 20 heavy (non-hydrogen) atoms. The molecule has 5 heteroatoms. The zero-order chi connectivity index (χ0) is 14.5. The van der Waals surface area contributed by atoms with Crippen molar-refractivity contribution in [2.75, 3.05) is 20.2 Å². The number of pyridine rings is 1. The van der Waals surface area contributed by atoms with Crippen LogP contribution in [-0.2, 0) is 11.3 Å². The van der Waals surface area contributed by atoms with Crippen LogP contribution in [0.3, 0.4) is 0 Å². The Morgan fingerprint density at radius 2 is 2.35 bits per heavy atom. The summed E-state index contributed by atoms with van der Waals surface area (Å²) >= 11 is 0. The predicted molar refractivity (Wildman–Crippen MR) is 77.2 cm³/mol. The van der Waals surface area contributed by atoms with Crippen molar-refractivity contribution >= 4 is 5.97 Å². The lowest BCUT2D eigenvalue weighted by atomic mass is 9.90. The lowest BCUT2D eigenvalue weighted by Gasteiger charge is -2.36. The minimum absolute atomic E-state index is 0.325. The Kier molecular flexibility index (Phi) is 5.09. The molecule has 1 aliphatic rings. The summed E-state index contributed by atoms with van der Waals surface area (Å²) in [5.74, 6) is 0.220. The molecule has 2 unspecified atom stereocenters. The number of hydrogen-bond acceptors (Lipinski definition) is 5. The van der Waals surface area contributed by atoms with Crippen LogP contribution in [-0.4, -0.2) is 42.1 Å². The number of nitrogens with two attached hydrogens (primary N) is 1. The van der Waals surface area contributed by atoms with E-state index in [1.54, 1.807) is 12.3 Å². The summed E-state index contributed by atoms with van der Waals surface area (Å²) in [5.41, 5.74) is 7.58. The molecule has 0 bridgehead atoms. The number of piperidine rings is 1. The number of ether oxygens (including phenoxy) is 1. The van der Waals surface area contributed by atoms with Gasteiger partial charge < -0.3 is 10.5 Å². The Morgan fingerprint density at radius 3 is 2.95 bits per heavy atom. The van der Waals surface area contributed by atoms with Crippen LogP contribution < -0.4 is 5.73 Å². The summed E-state index contributed by atoms with van der Waals surface area (Å²) < 4.78 is 4.66. The van der Waals surface area contributed by atoms with Gasteiger partial charge in [0.2, 0.25) is 0 Å². The van der Waals surface area contributed by atoms with Gasteiger partial charge in [-0.3, -0.25) is 9.88 Å². The molecule has 1 aromatic rings. The first-order valence-corrected chi connectivity index (χ1v) is 7.15. The fourth-order valence-electron chi connectivity index (χ4n) is 2.69. The quantitative estimate of drug-likeness (QED) is 0.843. The molecule has 0 aromatic carbocycles. The summed E-state index contributed by atoms with van der Waals surface area (Å²) in [6, 6.07) is 3.98. The number of likely N-dealkylation sites (tertiary alicyclic amines) is 1. The van der Waals surface area contributed by atoms with Crippen LogP contribution in [0.5, 0.6) is 0 Å². The van der Waals surface area contributed by atoms with Crippen molar-refractivity contribution in [1.82, 2.24) is 9.88 Å². The van der Waals surface area contributed by atoms with Gasteiger partial charge in [0.25, 0.3) is 0 Å². The molecular weight excluding hydrogens is 254 g/mol. The SMILES string of the molecule is CCC1CN(Cc2ccc(C(=O)OC)cn2)CCC1N. The predicted octanol–water partition coefficient (Wildman–Crippen LogP) is 1.43. The Labute approximate surface area is 120 Å². The normalized spacial score (nSPS) is 23.6. The van der Waals surface area contributed by atoms with Gasteiger partial charge in [0.05, 0.1) is 18.4 Å². The molecule has 0 saturated carbocycles. The van der Waals surface area contributed by atoms with Crippen LogP contribution in [0.2, 0.25) is 0 Å². The second-order valence-electron chi connectivity index (χ2n) is 5.39. The van der Waals surface area contributed by atoms with Gasteiger partial charge in [-0.25, -0.2) is 4.79 Å². The highest BCUT2D eigenvalue weighted by Crippen LogP contribution is 2.19. The molecule has 0 amide bonds. The molecule has 0 aliphatic carbocycles. The van der Waals surface area contributed by atoms with Crippen molar-refractivity contribution in [2.24, 2.45) is 11.7 Å². The van der Waals surface area contributed by atoms with Gasteiger partial charge >= 0.3 is 5.97 Å².